The molecule has 19 heavy (non-hydrogen) atoms. The van der Waals surface area contributed by atoms with Crippen LogP contribution in [0.3, 0.4) is 0 Å². The summed E-state index contributed by atoms with van der Waals surface area (Å²) in [6.45, 7) is 9.56. The summed E-state index contributed by atoms with van der Waals surface area (Å²) < 4.78 is 3.23. The molecule has 1 aromatic heterocycles. The SMILES string of the molecule is CCc1nn(CC)c(CN2CCC(C)C2CO)c1Br. The minimum Gasteiger partial charge on any atom is -0.395 e. The lowest BCUT2D eigenvalue weighted by molar-refractivity contribution is 0.131. The van der Waals surface area contributed by atoms with Crippen LogP contribution in [0.4, 0.5) is 0 Å². The molecule has 4 nitrogen and oxygen atoms in total. The second-order valence-electron chi connectivity index (χ2n) is 5.36. The Kier molecular flexibility index (Phi) is 5.03. The van der Waals surface area contributed by atoms with Gasteiger partial charge in [-0.1, -0.05) is 13.8 Å². The van der Waals surface area contributed by atoms with Gasteiger partial charge in [0.2, 0.25) is 0 Å². The van der Waals surface area contributed by atoms with Crippen LogP contribution >= 0.6 is 15.9 Å². The zero-order valence-electron chi connectivity index (χ0n) is 12.1. The van der Waals surface area contributed by atoms with E-state index >= 15 is 0 Å². The van der Waals surface area contributed by atoms with Crippen LogP contribution in [0.5, 0.6) is 0 Å². The fraction of sp³-hybridized carbons (Fsp3) is 0.786. The molecule has 2 atom stereocenters. The molecule has 0 spiro atoms. The fourth-order valence-corrected chi connectivity index (χ4v) is 3.63. The van der Waals surface area contributed by atoms with E-state index in [4.69, 9.17) is 0 Å². The predicted octanol–water partition coefficient (Wildman–Crippen LogP) is 2.43. The molecule has 5 heteroatoms. The third-order valence-electron chi connectivity index (χ3n) is 4.23. The number of halogens is 1. The quantitative estimate of drug-likeness (QED) is 0.902. The molecule has 1 N–H and O–H groups in total. The van der Waals surface area contributed by atoms with Gasteiger partial charge in [-0.25, -0.2) is 0 Å². The summed E-state index contributed by atoms with van der Waals surface area (Å²) >= 11 is 3.69. The van der Waals surface area contributed by atoms with Crippen molar-refractivity contribution in [1.29, 1.82) is 0 Å². The Labute approximate surface area is 123 Å². The first-order chi connectivity index (χ1) is 9.12. The molecule has 2 heterocycles. The van der Waals surface area contributed by atoms with Gasteiger partial charge in [-0.15, -0.1) is 0 Å². The molecular formula is C14H24BrN3O. The number of aliphatic hydroxyl groups excluding tert-OH is 1. The van der Waals surface area contributed by atoms with Crippen LogP contribution in [0.2, 0.25) is 0 Å². The van der Waals surface area contributed by atoms with Gasteiger partial charge < -0.3 is 5.11 Å². The minimum absolute atomic E-state index is 0.250. The largest absolute Gasteiger partial charge is 0.395 e. The molecule has 0 amide bonds. The van der Waals surface area contributed by atoms with Gasteiger partial charge in [-0.05, 0) is 48.2 Å². The Balaban J connectivity index is 2.21. The zero-order chi connectivity index (χ0) is 14.0. The van der Waals surface area contributed by atoms with Crippen LogP contribution in [-0.4, -0.2) is 39.0 Å². The molecule has 0 aliphatic carbocycles. The zero-order valence-corrected chi connectivity index (χ0v) is 13.7. The molecule has 2 rings (SSSR count). The standard InChI is InChI=1S/C14H24BrN3O/c1-4-11-14(15)12(18(5-2)16-11)8-17-7-6-10(3)13(17)9-19/h10,13,19H,4-9H2,1-3H3. The topological polar surface area (TPSA) is 41.3 Å². The van der Waals surface area contributed by atoms with Gasteiger partial charge in [0.1, 0.15) is 0 Å². The maximum Gasteiger partial charge on any atom is 0.0767 e. The molecule has 108 valence electrons. The van der Waals surface area contributed by atoms with Gasteiger partial charge in [-0.3, -0.25) is 9.58 Å². The minimum atomic E-state index is 0.250. The predicted molar refractivity (Wildman–Crippen MR) is 80.0 cm³/mol. The van der Waals surface area contributed by atoms with Crippen LogP contribution in [-0.2, 0) is 19.5 Å². The van der Waals surface area contributed by atoms with E-state index in [1.165, 1.54) is 12.1 Å². The molecule has 0 saturated carbocycles. The number of rotatable bonds is 5. The number of aryl methyl sites for hydroxylation is 2. The highest BCUT2D eigenvalue weighted by molar-refractivity contribution is 9.10. The summed E-state index contributed by atoms with van der Waals surface area (Å²) in [5.41, 5.74) is 2.37. The summed E-state index contributed by atoms with van der Waals surface area (Å²) in [6, 6.07) is 0.289. The molecule has 0 bridgehead atoms. The number of aliphatic hydroxyl groups is 1. The third-order valence-corrected chi connectivity index (χ3v) is 5.15. The number of hydrogen-bond donors (Lipinski definition) is 1. The normalized spacial score (nSPS) is 24.3. The van der Waals surface area contributed by atoms with Crippen LogP contribution in [0.25, 0.3) is 0 Å². The Morgan fingerprint density at radius 1 is 1.42 bits per heavy atom. The van der Waals surface area contributed by atoms with E-state index in [0.717, 1.165) is 36.2 Å². The summed E-state index contributed by atoms with van der Waals surface area (Å²) in [5.74, 6) is 0.576. The van der Waals surface area contributed by atoms with Gasteiger partial charge in [0.15, 0.2) is 0 Å². The highest BCUT2D eigenvalue weighted by atomic mass is 79.9. The van der Waals surface area contributed by atoms with Crippen molar-refractivity contribution >= 4 is 15.9 Å². The second-order valence-corrected chi connectivity index (χ2v) is 6.16. The Morgan fingerprint density at radius 3 is 2.74 bits per heavy atom. The van der Waals surface area contributed by atoms with Crippen molar-refractivity contribution in [2.24, 2.45) is 5.92 Å². The van der Waals surface area contributed by atoms with Crippen molar-refractivity contribution in [2.75, 3.05) is 13.2 Å². The maximum absolute atomic E-state index is 9.56. The lowest BCUT2D eigenvalue weighted by Crippen LogP contribution is -2.35. The first-order valence-electron chi connectivity index (χ1n) is 7.21. The monoisotopic (exact) mass is 329 g/mol. The molecule has 1 aromatic rings. The van der Waals surface area contributed by atoms with E-state index in [0.29, 0.717) is 5.92 Å². The molecule has 2 unspecified atom stereocenters. The Morgan fingerprint density at radius 2 is 2.16 bits per heavy atom. The van der Waals surface area contributed by atoms with Crippen LogP contribution < -0.4 is 0 Å². The van der Waals surface area contributed by atoms with Gasteiger partial charge in [-0.2, -0.15) is 5.10 Å². The number of nitrogens with zero attached hydrogens (tertiary/aromatic N) is 3. The smallest absolute Gasteiger partial charge is 0.0767 e. The van der Waals surface area contributed by atoms with Crippen LogP contribution in [0.1, 0.15) is 38.6 Å². The first kappa shape index (κ1) is 15.0. The Hall–Kier alpha value is -0.390. The molecule has 0 aromatic carbocycles. The average molecular weight is 330 g/mol. The molecule has 1 saturated heterocycles. The second kappa shape index (κ2) is 6.37. The van der Waals surface area contributed by atoms with Crippen molar-refractivity contribution in [3.8, 4) is 0 Å². The summed E-state index contributed by atoms with van der Waals surface area (Å²) in [5, 5.41) is 14.2. The van der Waals surface area contributed by atoms with Crippen molar-refractivity contribution in [1.82, 2.24) is 14.7 Å². The van der Waals surface area contributed by atoms with E-state index in [1.807, 2.05) is 0 Å². The van der Waals surface area contributed by atoms with E-state index < -0.39 is 0 Å². The van der Waals surface area contributed by atoms with Gasteiger partial charge in [0.25, 0.3) is 0 Å². The van der Waals surface area contributed by atoms with Gasteiger partial charge >= 0.3 is 0 Å². The van der Waals surface area contributed by atoms with E-state index in [9.17, 15) is 5.11 Å². The van der Waals surface area contributed by atoms with Crippen LogP contribution in [0, 0.1) is 5.92 Å². The number of aromatic nitrogens is 2. The summed E-state index contributed by atoms with van der Waals surface area (Å²) in [6.07, 6.45) is 2.12. The van der Waals surface area contributed by atoms with Crippen molar-refractivity contribution in [3.63, 3.8) is 0 Å². The third kappa shape index (κ3) is 2.88. The van der Waals surface area contributed by atoms with Gasteiger partial charge in [0, 0.05) is 19.1 Å². The van der Waals surface area contributed by atoms with Crippen molar-refractivity contribution in [3.05, 3.63) is 15.9 Å². The first-order valence-corrected chi connectivity index (χ1v) is 8.00. The lowest BCUT2D eigenvalue weighted by Gasteiger charge is -2.25. The highest BCUT2D eigenvalue weighted by Crippen LogP contribution is 2.29. The highest BCUT2D eigenvalue weighted by Gasteiger charge is 2.31. The van der Waals surface area contributed by atoms with Crippen molar-refractivity contribution < 1.29 is 5.11 Å². The summed E-state index contributed by atoms with van der Waals surface area (Å²) in [7, 11) is 0. The fourth-order valence-electron chi connectivity index (χ4n) is 2.94. The molecular weight excluding hydrogens is 306 g/mol. The van der Waals surface area contributed by atoms with E-state index in [-0.39, 0.29) is 12.6 Å². The van der Waals surface area contributed by atoms with E-state index in [2.05, 4.69) is 51.4 Å². The van der Waals surface area contributed by atoms with Crippen molar-refractivity contribution in [2.45, 2.75) is 52.7 Å². The lowest BCUT2D eigenvalue weighted by atomic mass is 10.0. The summed E-state index contributed by atoms with van der Waals surface area (Å²) in [4.78, 5) is 2.39. The molecule has 0 radical (unpaired) electrons. The molecule has 1 aliphatic heterocycles. The Bertz CT molecular complexity index is 433. The number of likely N-dealkylation sites (tertiary alicyclic amines) is 1. The van der Waals surface area contributed by atoms with Gasteiger partial charge in [0.05, 0.1) is 22.5 Å². The number of hydrogen-bond acceptors (Lipinski definition) is 3. The van der Waals surface area contributed by atoms with E-state index in [1.54, 1.807) is 0 Å². The molecule has 1 aliphatic rings. The molecule has 1 fully saturated rings. The maximum atomic E-state index is 9.56. The average Bonchev–Trinajstić information content (AvgIpc) is 2.92. The van der Waals surface area contributed by atoms with Crippen LogP contribution in [0.15, 0.2) is 4.47 Å².